The average Bonchev–Trinajstić information content (AvgIpc) is 3.34. The third-order valence-corrected chi connectivity index (χ3v) is 6.63. The van der Waals surface area contributed by atoms with Gasteiger partial charge in [0.15, 0.2) is 0 Å². The Balaban J connectivity index is 1.47. The second kappa shape index (κ2) is 8.11. The summed E-state index contributed by atoms with van der Waals surface area (Å²) in [7, 11) is 0. The van der Waals surface area contributed by atoms with E-state index < -0.39 is 0 Å². The van der Waals surface area contributed by atoms with Crippen LogP contribution in [0.5, 0.6) is 0 Å². The molecule has 0 aliphatic heterocycles. The summed E-state index contributed by atoms with van der Waals surface area (Å²) in [6.07, 6.45) is 2.82. The molecule has 0 aromatic carbocycles. The van der Waals surface area contributed by atoms with Crippen molar-refractivity contribution in [2.45, 2.75) is 45.2 Å². The monoisotopic (exact) mass is 431 g/mol. The van der Waals surface area contributed by atoms with Gasteiger partial charge in [-0.05, 0) is 51.7 Å². The number of anilines is 1. The number of esters is 1. The molecule has 0 saturated heterocycles. The van der Waals surface area contributed by atoms with E-state index in [0.29, 0.717) is 28.1 Å². The van der Waals surface area contributed by atoms with Gasteiger partial charge in [0, 0.05) is 16.3 Å². The molecule has 0 atom stereocenters. The zero-order valence-corrected chi connectivity index (χ0v) is 18.1. The van der Waals surface area contributed by atoms with E-state index in [1.165, 1.54) is 23.1 Å². The molecule has 0 bridgehead atoms. The highest BCUT2D eigenvalue weighted by Gasteiger charge is 2.28. The topological polar surface area (TPSA) is 98.5 Å². The summed E-state index contributed by atoms with van der Waals surface area (Å²) in [4.78, 5) is 34.8. The molecule has 10 heteroatoms. The van der Waals surface area contributed by atoms with E-state index in [1.54, 1.807) is 11.4 Å². The van der Waals surface area contributed by atoms with Gasteiger partial charge in [-0.1, -0.05) is 11.8 Å². The molecule has 4 rings (SSSR count). The molecule has 3 heterocycles. The Bertz CT molecular complexity index is 1110. The van der Waals surface area contributed by atoms with E-state index in [-0.39, 0.29) is 17.6 Å². The SMILES string of the molecule is CCOC(=O)c1c(NC(=O)CSc2nc3nc(C)cc(C)n3n2)sc2c1CCC2. The van der Waals surface area contributed by atoms with Crippen molar-refractivity contribution < 1.29 is 14.3 Å². The Morgan fingerprint density at radius 3 is 2.93 bits per heavy atom. The van der Waals surface area contributed by atoms with E-state index in [0.717, 1.165) is 41.1 Å². The Hall–Kier alpha value is -2.46. The van der Waals surface area contributed by atoms with Crippen molar-refractivity contribution in [2.75, 3.05) is 17.7 Å². The summed E-state index contributed by atoms with van der Waals surface area (Å²) in [6.45, 7) is 5.92. The van der Waals surface area contributed by atoms with Gasteiger partial charge in [-0.2, -0.15) is 4.98 Å². The van der Waals surface area contributed by atoms with Crippen LogP contribution >= 0.6 is 23.1 Å². The summed E-state index contributed by atoms with van der Waals surface area (Å²) in [5.41, 5.74) is 3.34. The zero-order chi connectivity index (χ0) is 20.5. The summed E-state index contributed by atoms with van der Waals surface area (Å²) < 4.78 is 6.86. The molecule has 1 aliphatic carbocycles. The fourth-order valence-corrected chi connectivity index (χ4v) is 5.32. The number of hydrogen-bond acceptors (Lipinski definition) is 8. The number of thioether (sulfide) groups is 1. The average molecular weight is 432 g/mol. The van der Waals surface area contributed by atoms with Crippen molar-refractivity contribution in [1.82, 2.24) is 19.6 Å². The molecule has 0 saturated carbocycles. The van der Waals surface area contributed by atoms with Gasteiger partial charge in [0.1, 0.15) is 5.00 Å². The van der Waals surface area contributed by atoms with Crippen LogP contribution in [0.2, 0.25) is 0 Å². The Kier molecular flexibility index (Phi) is 5.55. The number of rotatable bonds is 6. The van der Waals surface area contributed by atoms with Crippen LogP contribution in [0, 0.1) is 13.8 Å². The van der Waals surface area contributed by atoms with Crippen LogP contribution in [0.3, 0.4) is 0 Å². The number of carbonyl (C=O) groups excluding carboxylic acids is 2. The van der Waals surface area contributed by atoms with Gasteiger partial charge in [0.05, 0.1) is 17.9 Å². The second-order valence-corrected chi connectivity index (χ2v) is 8.81. The molecule has 3 aromatic heterocycles. The quantitative estimate of drug-likeness (QED) is 0.473. The highest BCUT2D eigenvalue weighted by molar-refractivity contribution is 7.99. The fraction of sp³-hybridized carbons (Fsp3) is 0.421. The van der Waals surface area contributed by atoms with E-state index in [1.807, 2.05) is 19.9 Å². The van der Waals surface area contributed by atoms with Gasteiger partial charge >= 0.3 is 5.97 Å². The van der Waals surface area contributed by atoms with Gasteiger partial charge in [-0.25, -0.2) is 14.3 Å². The van der Waals surface area contributed by atoms with Gasteiger partial charge < -0.3 is 10.1 Å². The first kappa shape index (κ1) is 19.8. The van der Waals surface area contributed by atoms with Crippen LogP contribution in [0.1, 0.15) is 45.5 Å². The molecule has 1 amide bonds. The molecule has 1 aliphatic rings. The Labute approximate surface area is 176 Å². The molecule has 0 radical (unpaired) electrons. The normalized spacial score (nSPS) is 12.9. The number of nitrogens with one attached hydrogen (secondary N) is 1. The molecule has 152 valence electrons. The zero-order valence-electron chi connectivity index (χ0n) is 16.4. The molecule has 0 spiro atoms. The van der Waals surface area contributed by atoms with Crippen LogP contribution in [0.25, 0.3) is 5.78 Å². The predicted octanol–water partition coefficient (Wildman–Crippen LogP) is 3.20. The summed E-state index contributed by atoms with van der Waals surface area (Å²) in [5.74, 6) is 0.0818. The first-order valence-electron chi connectivity index (χ1n) is 9.41. The van der Waals surface area contributed by atoms with Crippen LogP contribution in [-0.4, -0.2) is 43.8 Å². The van der Waals surface area contributed by atoms with Crippen LogP contribution in [0.4, 0.5) is 5.00 Å². The van der Waals surface area contributed by atoms with Crippen molar-refractivity contribution in [3.8, 4) is 0 Å². The van der Waals surface area contributed by atoms with Crippen LogP contribution < -0.4 is 5.32 Å². The lowest BCUT2D eigenvalue weighted by molar-refractivity contribution is -0.113. The third kappa shape index (κ3) is 3.99. The van der Waals surface area contributed by atoms with Gasteiger partial charge in [-0.15, -0.1) is 16.4 Å². The lowest BCUT2D eigenvalue weighted by Gasteiger charge is -2.07. The number of amides is 1. The van der Waals surface area contributed by atoms with Crippen molar-refractivity contribution in [3.05, 3.63) is 33.5 Å². The van der Waals surface area contributed by atoms with E-state index in [9.17, 15) is 9.59 Å². The Morgan fingerprint density at radius 2 is 2.14 bits per heavy atom. The van der Waals surface area contributed by atoms with Gasteiger partial charge in [-0.3, -0.25) is 4.79 Å². The van der Waals surface area contributed by atoms with E-state index in [2.05, 4.69) is 20.4 Å². The lowest BCUT2D eigenvalue weighted by atomic mass is 10.1. The highest BCUT2D eigenvalue weighted by atomic mass is 32.2. The van der Waals surface area contributed by atoms with Gasteiger partial charge in [0.25, 0.3) is 5.78 Å². The largest absolute Gasteiger partial charge is 0.462 e. The molecule has 3 aromatic rings. The van der Waals surface area contributed by atoms with Crippen LogP contribution in [-0.2, 0) is 22.4 Å². The number of fused-ring (bicyclic) bond motifs is 2. The molecule has 0 fully saturated rings. The minimum absolute atomic E-state index is 0.139. The maximum absolute atomic E-state index is 12.5. The van der Waals surface area contributed by atoms with Crippen molar-refractivity contribution >= 4 is 45.8 Å². The molecule has 1 N–H and O–H groups in total. The third-order valence-electron chi connectivity index (χ3n) is 4.59. The number of hydrogen-bond donors (Lipinski definition) is 1. The fourth-order valence-electron chi connectivity index (χ4n) is 3.41. The minimum atomic E-state index is -0.367. The maximum Gasteiger partial charge on any atom is 0.341 e. The van der Waals surface area contributed by atoms with Crippen molar-refractivity contribution in [3.63, 3.8) is 0 Å². The molecule has 8 nitrogen and oxygen atoms in total. The number of ether oxygens (including phenoxy) is 1. The standard InChI is InChI=1S/C19H21N5O3S2/c1-4-27-17(26)15-12-6-5-7-13(12)29-16(15)21-14(25)9-28-19-22-18-20-10(2)8-11(3)24(18)23-19/h8H,4-7,9H2,1-3H3,(H,21,25). The molecular formula is C19H21N5O3S2. The smallest absolute Gasteiger partial charge is 0.341 e. The van der Waals surface area contributed by atoms with Crippen LogP contribution in [0.15, 0.2) is 11.2 Å². The molecule has 0 unspecified atom stereocenters. The summed E-state index contributed by atoms with van der Waals surface area (Å²) in [5, 5.41) is 8.35. The number of aromatic nitrogens is 4. The number of nitrogens with zero attached hydrogens (tertiary/aromatic N) is 4. The van der Waals surface area contributed by atoms with Crippen molar-refractivity contribution in [2.24, 2.45) is 0 Å². The second-order valence-electron chi connectivity index (χ2n) is 6.76. The number of carbonyl (C=O) groups is 2. The molecule has 29 heavy (non-hydrogen) atoms. The predicted molar refractivity (Wildman–Crippen MR) is 112 cm³/mol. The Morgan fingerprint density at radius 1 is 1.31 bits per heavy atom. The highest BCUT2D eigenvalue weighted by Crippen LogP contribution is 2.39. The van der Waals surface area contributed by atoms with E-state index >= 15 is 0 Å². The van der Waals surface area contributed by atoms with E-state index in [4.69, 9.17) is 4.74 Å². The van der Waals surface area contributed by atoms with Crippen molar-refractivity contribution in [1.29, 1.82) is 0 Å². The summed E-state index contributed by atoms with van der Waals surface area (Å²) >= 11 is 2.71. The van der Waals surface area contributed by atoms with Gasteiger partial charge in [0.2, 0.25) is 11.1 Å². The maximum atomic E-state index is 12.5. The lowest BCUT2D eigenvalue weighted by Crippen LogP contribution is -2.16. The number of thiophene rings is 1. The summed E-state index contributed by atoms with van der Waals surface area (Å²) in [6, 6.07) is 1.93. The first-order valence-corrected chi connectivity index (χ1v) is 11.2. The first-order chi connectivity index (χ1) is 14.0. The minimum Gasteiger partial charge on any atom is -0.462 e. The number of aryl methyl sites for hydroxylation is 3. The molecular weight excluding hydrogens is 410 g/mol.